The van der Waals surface area contributed by atoms with Crippen molar-refractivity contribution in [2.24, 2.45) is 0 Å². The molecule has 1 aromatic heterocycles. The molecule has 0 atom stereocenters. The number of nitrogens with zero attached hydrogens (tertiary/aromatic N) is 3. The molecule has 4 rings (SSSR count). The second-order valence-electron chi connectivity index (χ2n) is 7.78. The molecule has 4 aromatic rings. The summed E-state index contributed by atoms with van der Waals surface area (Å²) in [7, 11) is -2.50. The quantitative estimate of drug-likeness (QED) is 0.386. The van der Waals surface area contributed by atoms with Crippen LogP contribution in [0.15, 0.2) is 96.2 Å². The standard InChI is InChI=1S/C26H26N4O4S/c1-20-27-15-16-29(20)25-14-7-6-9-21(25)18-28-26(31)19-30(22-10-8-11-23(17-22)34-2)35(32,33)24-12-4-3-5-13-24/h3-17H,18-19H2,1-2H3,(H,28,31). The second kappa shape index (κ2) is 10.4. The highest BCUT2D eigenvalue weighted by molar-refractivity contribution is 7.92. The lowest BCUT2D eigenvalue weighted by Gasteiger charge is -2.24. The Morgan fingerprint density at radius 1 is 1.03 bits per heavy atom. The topological polar surface area (TPSA) is 93.5 Å². The summed E-state index contributed by atoms with van der Waals surface area (Å²) in [5.74, 6) is 0.868. The van der Waals surface area contributed by atoms with Crippen LogP contribution in [0.25, 0.3) is 5.69 Å². The smallest absolute Gasteiger partial charge is 0.264 e. The molecule has 0 unspecified atom stereocenters. The Morgan fingerprint density at radius 2 is 1.77 bits per heavy atom. The van der Waals surface area contributed by atoms with Crippen molar-refractivity contribution in [2.75, 3.05) is 18.0 Å². The van der Waals surface area contributed by atoms with E-state index in [4.69, 9.17) is 4.74 Å². The van der Waals surface area contributed by atoms with Crippen LogP contribution in [0.5, 0.6) is 5.75 Å². The van der Waals surface area contributed by atoms with Crippen molar-refractivity contribution >= 4 is 21.6 Å². The maximum atomic E-state index is 13.5. The molecule has 0 spiro atoms. The highest BCUT2D eigenvalue weighted by atomic mass is 32.2. The van der Waals surface area contributed by atoms with Crippen LogP contribution in [0, 0.1) is 6.92 Å². The highest BCUT2D eigenvalue weighted by Crippen LogP contribution is 2.27. The number of methoxy groups -OCH3 is 1. The number of amides is 1. The number of aromatic nitrogens is 2. The van der Waals surface area contributed by atoms with Gasteiger partial charge in [0.15, 0.2) is 0 Å². The van der Waals surface area contributed by atoms with Gasteiger partial charge in [-0.3, -0.25) is 9.10 Å². The monoisotopic (exact) mass is 490 g/mol. The Hall–Kier alpha value is -4.11. The molecular weight excluding hydrogens is 464 g/mol. The maximum absolute atomic E-state index is 13.5. The van der Waals surface area contributed by atoms with Gasteiger partial charge in [0.25, 0.3) is 10.0 Å². The van der Waals surface area contributed by atoms with Gasteiger partial charge in [0.2, 0.25) is 5.91 Å². The zero-order valence-corrected chi connectivity index (χ0v) is 20.3. The number of anilines is 1. The molecule has 3 aromatic carbocycles. The van der Waals surface area contributed by atoms with E-state index in [-0.39, 0.29) is 11.4 Å². The Bertz CT molecular complexity index is 1420. The predicted octanol–water partition coefficient (Wildman–Crippen LogP) is 3.70. The van der Waals surface area contributed by atoms with E-state index in [9.17, 15) is 13.2 Å². The van der Waals surface area contributed by atoms with Crippen molar-refractivity contribution in [3.63, 3.8) is 0 Å². The largest absolute Gasteiger partial charge is 0.497 e. The third kappa shape index (κ3) is 5.36. The van der Waals surface area contributed by atoms with Gasteiger partial charge in [0, 0.05) is 25.0 Å². The number of carbonyl (C=O) groups excluding carboxylic acids is 1. The molecule has 0 saturated carbocycles. The summed E-state index contributed by atoms with van der Waals surface area (Å²) in [5.41, 5.74) is 2.10. The van der Waals surface area contributed by atoms with Gasteiger partial charge in [-0.05, 0) is 42.8 Å². The van der Waals surface area contributed by atoms with Crippen molar-refractivity contribution in [1.82, 2.24) is 14.9 Å². The zero-order chi connectivity index (χ0) is 24.8. The lowest BCUT2D eigenvalue weighted by atomic mass is 10.1. The Labute approximate surface area is 204 Å². The summed E-state index contributed by atoms with van der Waals surface area (Å²) in [4.78, 5) is 17.4. The number of para-hydroxylation sites is 1. The molecular formula is C26H26N4O4S. The number of carbonyl (C=O) groups is 1. The average Bonchev–Trinajstić information content (AvgIpc) is 3.32. The number of imidazole rings is 1. The SMILES string of the molecule is COc1cccc(N(CC(=O)NCc2ccccc2-n2ccnc2C)S(=O)(=O)c2ccccc2)c1. The van der Waals surface area contributed by atoms with E-state index in [2.05, 4.69) is 10.3 Å². The Balaban J connectivity index is 1.59. The molecule has 0 aliphatic rings. The van der Waals surface area contributed by atoms with Crippen LogP contribution in [0.3, 0.4) is 0 Å². The normalized spacial score (nSPS) is 11.1. The first-order valence-corrected chi connectivity index (χ1v) is 12.4. The lowest BCUT2D eigenvalue weighted by Crippen LogP contribution is -2.40. The number of sulfonamides is 1. The molecule has 0 radical (unpaired) electrons. The number of nitrogens with one attached hydrogen (secondary N) is 1. The molecule has 0 fully saturated rings. The fourth-order valence-electron chi connectivity index (χ4n) is 3.71. The maximum Gasteiger partial charge on any atom is 0.264 e. The molecule has 1 N–H and O–H groups in total. The van der Waals surface area contributed by atoms with E-state index < -0.39 is 22.5 Å². The van der Waals surface area contributed by atoms with Crippen molar-refractivity contribution < 1.29 is 17.9 Å². The first-order chi connectivity index (χ1) is 16.9. The van der Waals surface area contributed by atoms with E-state index in [1.807, 2.05) is 42.0 Å². The van der Waals surface area contributed by atoms with Crippen LogP contribution in [0.4, 0.5) is 5.69 Å². The van der Waals surface area contributed by atoms with Crippen LogP contribution in [-0.2, 0) is 21.4 Å². The summed E-state index contributed by atoms with van der Waals surface area (Å²) in [6, 6.07) is 22.3. The van der Waals surface area contributed by atoms with Crippen LogP contribution >= 0.6 is 0 Å². The van der Waals surface area contributed by atoms with Crippen molar-refractivity contribution in [2.45, 2.75) is 18.4 Å². The fourth-order valence-corrected chi connectivity index (χ4v) is 5.14. The van der Waals surface area contributed by atoms with Gasteiger partial charge in [-0.2, -0.15) is 0 Å². The van der Waals surface area contributed by atoms with Crippen LogP contribution in [-0.4, -0.2) is 37.5 Å². The zero-order valence-electron chi connectivity index (χ0n) is 19.5. The molecule has 8 nitrogen and oxygen atoms in total. The van der Waals surface area contributed by atoms with E-state index in [1.165, 1.54) is 19.2 Å². The molecule has 1 heterocycles. The molecule has 9 heteroatoms. The number of hydrogen-bond acceptors (Lipinski definition) is 5. The number of benzene rings is 3. The number of hydrogen-bond donors (Lipinski definition) is 1. The first-order valence-electron chi connectivity index (χ1n) is 11.0. The molecule has 0 aliphatic heterocycles. The number of ether oxygens (including phenoxy) is 1. The van der Waals surface area contributed by atoms with Crippen LogP contribution in [0.2, 0.25) is 0 Å². The average molecular weight is 491 g/mol. The van der Waals surface area contributed by atoms with E-state index in [0.29, 0.717) is 11.4 Å². The van der Waals surface area contributed by atoms with Gasteiger partial charge in [0.1, 0.15) is 18.1 Å². The number of aryl methyl sites for hydroxylation is 1. The van der Waals surface area contributed by atoms with Crippen LogP contribution in [0.1, 0.15) is 11.4 Å². The molecule has 0 saturated heterocycles. The van der Waals surface area contributed by atoms with Gasteiger partial charge in [-0.1, -0.05) is 42.5 Å². The highest BCUT2D eigenvalue weighted by Gasteiger charge is 2.27. The summed E-state index contributed by atoms with van der Waals surface area (Å²) in [6.45, 7) is 1.73. The summed E-state index contributed by atoms with van der Waals surface area (Å²) >= 11 is 0. The Morgan fingerprint density at radius 3 is 2.49 bits per heavy atom. The minimum Gasteiger partial charge on any atom is -0.497 e. The number of rotatable bonds is 9. The summed E-state index contributed by atoms with van der Waals surface area (Å²) in [5, 5.41) is 2.86. The van der Waals surface area contributed by atoms with Crippen molar-refractivity contribution in [3.8, 4) is 11.4 Å². The van der Waals surface area contributed by atoms with E-state index >= 15 is 0 Å². The van der Waals surface area contributed by atoms with Crippen molar-refractivity contribution in [1.29, 1.82) is 0 Å². The predicted molar refractivity (Wildman–Crippen MR) is 134 cm³/mol. The van der Waals surface area contributed by atoms with E-state index in [1.54, 1.807) is 48.7 Å². The van der Waals surface area contributed by atoms with Gasteiger partial charge in [-0.25, -0.2) is 13.4 Å². The van der Waals surface area contributed by atoms with Gasteiger partial charge < -0.3 is 14.6 Å². The molecule has 180 valence electrons. The molecule has 0 aliphatic carbocycles. The van der Waals surface area contributed by atoms with Gasteiger partial charge >= 0.3 is 0 Å². The fraction of sp³-hybridized carbons (Fsp3) is 0.154. The van der Waals surface area contributed by atoms with Gasteiger partial charge in [-0.15, -0.1) is 0 Å². The first kappa shape index (κ1) is 24.0. The minimum absolute atomic E-state index is 0.0940. The lowest BCUT2D eigenvalue weighted by molar-refractivity contribution is -0.119. The van der Waals surface area contributed by atoms with Crippen molar-refractivity contribution in [3.05, 3.63) is 103 Å². The second-order valence-corrected chi connectivity index (χ2v) is 9.64. The third-order valence-corrected chi connectivity index (χ3v) is 7.30. The third-order valence-electron chi connectivity index (χ3n) is 5.51. The van der Waals surface area contributed by atoms with Gasteiger partial charge in [0.05, 0.1) is 23.4 Å². The molecule has 0 bridgehead atoms. The van der Waals surface area contributed by atoms with Crippen LogP contribution < -0.4 is 14.4 Å². The summed E-state index contributed by atoms with van der Waals surface area (Å²) < 4.78 is 35.3. The Kier molecular flexibility index (Phi) is 7.17. The minimum atomic E-state index is -4.00. The summed E-state index contributed by atoms with van der Waals surface area (Å²) in [6.07, 6.45) is 3.57. The molecule has 35 heavy (non-hydrogen) atoms. The van der Waals surface area contributed by atoms with E-state index in [0.717, 1.165) is 21.4 Å². The molecule has 1 amide bonds.